The molecule has 88 valence electrons. The molecule has 0 atom stereocenters. The van der Waals surface area contributed by atoms with E-state index in [4.69, 9.17) is 0 Å². The predicted octanol–water partition coefficient (Wildman–Crippen LogP) is 2.25. The maximum atomic E-state index is 11.6. The summed E-state index contributed by atoms with van der Waals surface area (Å²) >= 11 is 1.63. The third-order valence-corrected chi connectivity index (χ3v) is 3.67. The van der Waals surface area contributed by atoms with Crippen molar-refractivity contribution < 1.29 is 0 Å². The van der Waals surface area contributed by atoms with Crippen molar-refractivity contribution in [2.45, 2.75) is 19.3 Å². The molecule has 0 unspecified atom stereocenters. The summed E-state index contributed by atoms with van der Waals surface area (Å²) < 4.78 is 0. The molecule has 0 radical (unpaired) electrons. The third-order valence-electron chi connectivity index (χ3n) is 2.99. The van der Waals surface area contributed by atoms with E-state index >= 15 is 0 Å². The van der Waals surface area contributed by atoms with E-state index < -0.39 is 0 Å². The molecule has 0 saturated carbocycles. The first kappa shape index (κ1) is 10.5. The maximum absolute atomic E-state index is 11.6. The van der Waals surface area contributed by atoms with Gasteiger partial charge in [0.2, 0.25) is 0 Å². The molecule has 0 bridgehead atoms. The van der Waals surface area contributed by atoms with E-state index in [0.29, 0.717) is 0 Å². The van der Waals surface area contributed by atoms with Crippen LogP contribution in [0.3, 0.4) is 0 Å². The van der Waals surface area contributed by atoms with E-state index in [2.05, 4.69) is 20.7 Å². The Balaban J connectivity index is 2.20. The summed E-state index contributed by atoms with van der Waals surface area (Å²) in [6.07, 6.45) is 3.22. The highest BCUT2D eigenvalue weighted by Crippen LogP contribution is 2.29. The monoisotopic (exact) mass is 247 g/mol. The van der Waals surface area contributed by atoms with Gasteiger partial charge in [-0.2, -0.15) is 16.3 Å². The molecule has 4 nitrogen and oxygen atoms in total. The summed E-state index contributed by atoms with van der Waals surface area (Å²) in [4.78, 5) is 18.5. The Labute approximate surface area is 103 Å². The van der Waals surface area contributed by atoms with Crippen LogP contribution in [0.5, 0.6) is 0 Å². The fourth-order valence-corrected chi connectivity index (χ4v) is 2.82. The molecule has 2 N–H and O–H groups in total. The molecule has 2 aromatic heterocycles. The fourth-order valence-electron chi connectivity index (χ4n) is 2.17. The number of rotatable bonds is 1. The third kappa shape index (κ3) is 1.98. The second-order valence-corrected chi connectivity index (χ2v) is 4.92. The summed E-state index contributed by atoms with van der Waals surface area (Å²) in [5, 5.41) is 7.31. The number of H-pyrrole nitrogens is 1. The summed E-state index contributed by atoms with van der Waals surface area (Å²) in [5.41, 5.74) is 2.87. The van der Waals surface area contributed by atoms with Crippen molar-refractivity contribution in [2.75, 3.05) is 11.9 Å². The van der Waals surface area contributed by atoms with Crippen LogP contribution in [0.2, 0.25) is 0 Å². The second kappa shape index (κ2) is 4.33. The van der Waals surface area contributed by atoms with Crippen LogP contribution in [0.15, 0.2) is 21.6 Å². The highest BCUT2D eigenvalue weighted by Gasteiger charge is 2.15. The minimum atomic E-state index is -0.278. The Morgan fingerprint density at radius 3 is 3.12 bits per heavy atom. The summed E-state index contributed by atoms with van der Waals surface area (Å²) in [7, 11) is 0. The minimum Gasteiger partial charge on any atom is -0.370 e. The normalized spacial score (nSPS) is 14.8. The van der Waals surface area contributed by atoms with E-state index in [1.54, 1.807) is 11.3 Å². The Morgan fingerprint density at radius 1 is 1.35 bits per heavy atom. The van der Waals surface area contributed by atoms with Gasteiger partial charge in [0.15, 0.2) is 0 Å². The van der Waals surface area contributed by atoms with Gasteiger partial charge in [-0.1, -0.05) is 0 Å². The molecule has 1 aliphatic heterocycles. The average molecular weight is 247 g/mol. The molecular weight excluding hydrogens is 234 g/mol. The highest BCUT2D eigenvalue weighted by atomic mass is 32.1. The number of anilines is 1. The highest BCUT2D eigenvalue weighted by molar-refractivity contribution is 7.08. The van der Waals surface area contributed by atoms with Crippen LogP contribution in [0.4, 0.5) is 5.82 Å². The molecule has 3 rings (SSSR count). The van der Waals surface area contributed by atoms with Gasteiger partial charge in [0.1, 0.15) is 5.82 Å². The maximum Gasteiger partial charge on any atom is 0.347 e. The van der Waals surface area contributed by atoms with Crippen LogP contribution >= 0.6 is 11.3 Å². The smallest absolute Gasteiger partial charge is 0.347 e. The molecule has 5 heteroatoms. The lowest BCUT2D eigenvalue weighted by Gasteiger charge is -2.10. The number of hydrogen-bond acceptors (Lipinski definition) is 4. The molecule has 0 saturated heterocycles. The summed E-state index contributed by atoms with van der Waals surface area (Å²) in [6.45, 7) is 0.895. The molecule has 0 fully saturated rings. The number of nitrogens with zero attached hydrogens (tertiary/aromatic N) is 1. The van der Waals surface area contributed by atoms with Crippen LogP contribution in [0.25, 0.3) is 11.3 Å². The zero-order valence-corrected chi connectivity index (χ0v) is 10.1. The molecule has 0 aliphatic carbocycles. The Bertz CT molecular complexity index is 574. The van der Waals surface area contributed by atoms with Gasteiger partial charge in [0.25, 0.3) is 0 Å². The molecule has 2 aromatic rings. The predicted molar refractivity (Wildman–Crippen MR) is 69.6 cm³/mol. The Morgan fingerprint density at radius 2 is 2.29 bits per heavy atom. The van der Waals surface area contributed by atoms with E-state index in [0.717, 1.165) is 48.4 Å². The zero-order chi connectivity index (χ0) is 11.7. The van der Waals surface area contributed by atoms with Gasteiger partial charge < -0.3 is 10.3 Å². The van der Waals surface area contributed by atoms with Gasteiger partial charge in [-0.25, -0.2) is 4.79 Å². The largest absolute Gasteiger partial charge is 0.370 e. The lowest BCUT2D eigenvalue weighted by Crippen LogP contribution is -2.16. The number of fused-ring (bicyclic) bond motifs is 1. The molecule has 17 heavy (non-hydrogen) atoms. The standard InChI is InChI=1S/C12H13N3OS/c16-12-14-10(8-4-6-17-7-8)9-3-1-2-5-13-11(9)15-12/h4,6-7H,1-3,5H2,(H2,13,14,15,16). The van der Waals surface area contributed by atoms with Crippen molar-refractivity contribution in [3.05, 3.63) is 32.9 Å². The van der Waals surface area contributed by atoms with E-state index in [9.17, 15) is 4.79 Å². The van der Waals surface area contributed by atoms with Gasteiger partial charge in [-0.05, 0) is 30.7 Å². The first-order valence-corrected chi connectivity index (χ1v) is 6.68. The first-order valence-electron chi connectivity index (χ1n) is 5.74. The van der Waals surface area contributed by atoms with Crippen molar-refractivity contribution in [2.24, 2.45) is 0 Å². The van der Waals surface area contributed by atoms with Gasteiger partial charge in [0, 0.05) is 23.1 Å². The fraction of sp³-hybridized carbons (Fsp3) is 0.333. The van der Waals surface area contributed by atoms with Gasteiger partial charge in [-0.15, -0.1) is 0 Å². The molecular formula is C12H13N3OS. The molecule has 1 aliphatic rings. The van der Waals surface area contributed by atoms with Crippen molar-refractivity contribution in [1.29, 1.82) is 0 Å². The minimum absolute atomic E-state index is 0.278. The van der Waals surface area contributed by atoms with Crippen molar-refractivity contribution in [1.82, 2.24) is 9.97 Å². The topological polar surface area (TPSA) is 57.8 Å². The number of aromatic nitrogens is 2. The van der Waals surface area contributed by atoms with E-state index in [-0.39, 0.29) is 5.69 Å². The van der Waals surface area contributed by atoms with Crippen LogP contribution in [-0.2, 0) is 6.42 Å². The lowest BCUT2D eigenvalue weighted by atomic mass is 10.0. The zero-order valence-electron chi connectivity index (χ0n) is 9.32. The lowest BCUT2D eigenvalue weighted by molar-refractivity contribution is 0.785. The van der Waals surface area contributed by atoms with Gasteiger partial charge >= 0.3 is 5.69 Å². The quantitative estimate of drug-likeness (QED) is 0.812. The Hall–Kier alpha value is -1.62. The van der Waals surface area contributed by atoms with Crippen molar-refractivity contribution in [3.8, 4) is 11.3 Å². The van der Waals surface area contributed by atoms with Crippen LogP contribution in [0.1, 0.15) is 18.4 Å². The van der Waals surface area contributed by atoms with E-state index in [1.165, 1.54) is 0 Å². The first-order chi connectivity index (χ1) is 8.34. The van der Waals surface area contributed by atoms with Crippen molar-refractivity contribution >= 4 is 17.2 Å². The van der Waals surface area contributed by atoms with Gasteiger partial charge in [0.05, 0.1) is 5.69 Å². The SMILES string of the molecule is O=c1nc2c(c(-c3ccsc3)[nH]1)CCCCN2. The number of thiophene rings is 1. The molecule has 0 spiro atoms. The summed E-state index contributed by atoms with van der Waals surface area (Å²) in [6, 6.07) is 2.03. The molecule has 0 aromatic carbocycles. The van der Waals surface area contributed by atoms with Gasteiger partial charge in [-0.3, -0.25) is 0 Å². The van der Waals surface area contributed by atoms with Crippen LogP contribution < -0.4 is 11.0 Å². The average Bonchev–Trinajstić information content (AvgIpc) is 2.74. The Kier molecular flexibility index (Phi) is 2.68. The summed E-state index contributed by atoms with van der Waals surface area (Å²) in [5.74, 6) is 0.757. The molecule has 3 heterocycles. The van der Waals surface area contributed by atoms with E-state index in [1.807, 2.05) is 11.4 Å². The van der Waals surface area contributed by atoms with Crippen molar-refractivity contribution in [3.63, 3.8) is 0 Å². The number of hydrogen-bond donors (Lipinski definition) is 2. The second-order valence-electron chi connectivity index (χ2n) is 4.14. The van der Waals surface area contributed by atoms with Crippen LogP contribution in [-0.4, -0.2) is 16.5 Å². The molecule has 0 amide bonds. The number of aromatic amines is 1. The van der Waals surface area contributed by atoms with Crippen LogP contribution in [0, 0.1) is 0 Å². The number of nitrogens with one attached hydrogen (secondary N) is 2.